The second kappa shape index (κ2) is 2.21. The van der Waals surface area contributed by atoms with Crippen molar-refractivity contribution < 1.29 is 9.84 Å². The fourth-order valence-corrected chi connectivity index (χ4v) is 2.20. The van der Waals surface area contributed by atoms with Crippen molar-refractivity contribution in [2.24, 2.45) is 5.92 Å². The second-order valence-electron chi connectivity index (χ2n) is 3.59. The first-order chi connectivity index (χ1) is 4.85. The molecule has 2 nitrogen and oxygen atoms in total. The summed E-state index contributed by atoms with van der Waals surface area (Å²) in [5, 5.41) is 8.77. The Morgan fingerprint density at radius 1 is 1.50 bits per heavy atom. The standard InChI is InChI=1S/C8H14O2/c9-6-7-4-8(5-7)2-1-3-10-8/h7,9H,1-6H2. The van der Waals surface area contributed by atoms with E-state index >= 15 is 0 Å². The Labute approximate surface area is 61.2 Å². The molecular formula is C8H14O2. The van der Waals surface area contributed by atoms with Gasteiger partial charge < -0.3 is 9.84 Å². The Hall–Kier alpha value is -0.0800. The van der Waals surface area contributed by atoms with E-state index < -0.39 is 0 Å². The zero-order chi connectivity index (χ0) is 7.03. The Kier molecular flexibility index (Phi) is 1.46. The zero-order valence-electron chi connectivity index (χ0n) is 6.18. The Bertz CT molecular complexity index is 119. The van der Waals surface area contributed by atoms with Crippen LogP contribution in [0.2, 0.25) is 0 Å². The van der Waals surface area contributed by atoms with Crippen molar-refractivity contribution in [3.8, 4) is 0 Å². The molecule has 0 aromatic carbocycles. The van der Waals surface area contributed by atoms with E-state index in [0.717, 1.165) is 19.4 Å². The van der Waals surface area contributed by atoms with Gasteiger partial charge in [0.05, 0.1) is 5.60 Å². The van der Waals surface area contributed by atoms with Gasteiger partial charge in [-0.15, -0.1) is 0 Å². The number of ether oxygens (including phenoxy) is 1. The third-order valence-corrected chi connectivity index (χ3v) is 2.76. The van der Waals surface area contributed by atoms with Gasteiger partial charge in [0.1, 0.15) is 0 Å². The average Bonchev–Trinajstić information content (AvgIpc) is 2.30. The van der Waals surface area contributed by atoms with Crippen LogP contribution < -0.4 is 0 Å². The van der Waals surface area contributed by atoms with Gasteiger partial charge in [-0.3, -0.25) is 0 Å². The number of aliphatic hydroxyl groups excluding tert-OH is 1. The monoisotopic (exact) mass is 142 g/mol. The smallest absolute Gasteiger partial charge is 0.0690 e. The predicted molar refractivity (Wildman–Crippen MR) is 37.7 cm³/mol. The number of aliphatic hydroxyl groups is 1. The lowest BCUT2D eigenvalue weighted by Crippen LogP contribution is -2.44. The Morgan fingerprint density at radius 2 is 2.30 bits per heavy atom. The first-order valence-corrected chi connectivity index (χ1v) is 4.09. The maximum Gasteiger partial charge on any atom is 0.0690 e. The molecule has 2 fully saturated rings. The summed E-state index contributed by atoms with van der Waals surface area (Å²) >= 11 is 0. The average molecular weight is 142 g/mol. The van der Waals surface area contributed by atoms with E-state index in [1.807, 2.05) is 0 Å². The van der Waals surface area contributed by atoms with Crippen molar-refractivity contribution in [2.45, 2.75) is 31.3 Å². The summed E-state index contributed by atoms with van der Waals surface area (Å²) in [6.07, 6.45) is 4.65. The highest BCUT2D eigenvalue weighted by molar-refractivity contribution is 4.97. The lowest BCUT2D eigenvalue weighted by atomic mass is 9.70. The van der Waals surface area contributed by atoms with Crippen molar-refractivity contribution in [3.05, 3.63) is 0 Å². The van der Waals surface area contributed by atoms with E-state index in [1.165, 1.54) is 12.8 Å². The maximum atomic E-state index is 8.77. The van der Waals surface area contributed by atoms with E-state index in [0.29, 0.717) is 12.5 Å². The van der Waals surface area contributed by atoms with Gasteiger partial charge in [-0.1, -0.05) is 0 Å². The topological polar surface area (TPSA) is 29.5 Å². The summed E-state index contributed by atoms with van der Waals surface area (Å²) < 4.78 is 5.60. The van der Waals surface area contributed by atoms with Crippen LogP contribution in [-0.4, -0.2) is 23.9 Å². The minimum absolute atomic E-state index is 0.230. The summed E-state index contributed by atoms with van der Waals surface area (Å²) in [5.41, 5.74) is 0.230. The fraction of sp³-hybridized carbons (Fsp3) is 1.00. The van der Waals surface area contributed by atoms with Crippen molar-refractivity contribution >= 4 is 0 Å². The molecule has 58 valence electrons. The lowest BCUT2D eigenvalue weighted by molar-refractivity contribution is -0.102. The largest absolute Gasteiger partial charge is 0.396 e. The van der Waals surface area contributed by atoms with Crippen LogP contribution in [0, 0.1) is 5.92 Å². The van der Waals surface area contributed by atoms with Gasteiger partial charge in [-0.2, -0.15) is 0 Å². The molecule has 1 saturated carbocycles. The number of rotatable bonds is 1. The van der Waals surface area contributed by atoms with Gasteiger partial charge >= 0.3 is 0 Å². The first kappa shape index (κ1) is 6.62. The predicted octanol–water partition coefficient (Wildman–Crippen LogP) is 0.938. The van der Waals surface area contributed by atoms with Gasteiger partial charge in [0.2, 0.25) is 0 Å². The quantitative estimate of drug-likeness (QED) is 0.590. The second-order valence-corrected chi connectivity index (χ2v) is 3.59. The van der Waals surface area contributed by atoms with Crippen molar-refractivity contribution in [1.82, 2.24) is 0 Å². The summed E-state index contributed by atoms with van der Waals surface area (Å²) in [5.74, 6) is 0.540. The molecule has 1 aliphatic heterocycles. The molecule has 1 spiro atoms. The summed E-state index contributed by atoms with van der Waals surface area (Å²) in [6, 6.07) is 0. The molecule has 1 aliphatic carbocycles. The van der Waals surface area contributed by atoms with Crippen LogP contribution in [0.15, 0.2) is 0 Å². The molecule has 1 N–H and O–H groups in total. The molecule has 1 saturated heterocycles. The molecule has 0 amide bonds. The normalized spacial score (nSPS) is 45.9. The van der Waals surface area contributed by atoms with E-state index in [2.05, 4.69) is 0 Å². The number of hydrogen-bond acceptors (Lipinski definition) is 2. The molecule has 0 unspecified atom stereocenters. The molecule has 2 rings (SSSR count). The molecular weight excluding hydrogens is 128 g/mol. The molecule has 0 bridgehead atoms. The van der Waals surface area contributed by atoms with Crippen LogP contribution in [0.1, 0.15) is 25.7 Å². The summed E-state index contributed by atoms with van der Waals surface area (Å²) in [6.45, 7) is 1.29. The van der Waals surface area contributed by atoms with Crippen LogP contribution in [0.5, 0.6) is 0 Å². The molecule has 0 aromatic rings. The van der Waals surface area contributed by atoms with E-state index in [-0.39, 0.29) is 5.60 Å². The highest BCUT2D eigenvalue weighted by atomic mass is 16.5. The SMILES string of the molecule is OCC1CC2(CCCO2)C1. The first-order valence-electron chi connectivity index (χ1n) is 4.09. The fourth-order valence-electron chi connectivity index (χ4n) is 2.20. The summed E-state index contributed by atoms with van der Waals surface area (Å²) in [4.78, 5) is 0. The molecule has 1 heterocycles. The molecule has 10 heavy (non-hydrogen) atoms. The third kappa shape index (κ3) is 0.867. The maximum absolute atomic E-state index is 8.77. The highest BCUT2D eigenvalue weighted by Gasteiger charge is 2.46. The Morgan fingerprint density at radius 3 is 2.80 bits per heavy atom. The molecule has 2 heteroatoms. The van der Waals surface area contributed by atoms with E-state index in [4.69, 9.17) is 9.84 Å². The van der Waals surface area contributed by atoms with Crippen molar-refractivity contribution in [1.29, 1.82) is 0 Å². The Balaban J connectivity index is 1.86. The third-order valence-electron chi connectivity index (χ3n) is 2.76. The van der Waals surface area contributed by atoms with Crippen molar-refractivity contribution in [3.63, 3.8) is 0 Å². The molecule has 0 atom stereocenters. The van der Waals surface area contributed by atoms with Gasteiger partial charge in [0.15, 0.2) is 0 Å². The zero-order valence-corrected chi connectivity index (χ0v) is 6.18. The molecule has 2 aliphatic rings. The summed E-state index contributed by atoms with van der Waals surface area (Å²) in [7, 11) is 0. The minimum atomic E-state index is 0.230. The van der Waals surface area contributed by atoms with Crippen LogP contribution in [0.4, 0.5) is 0 Å². The van der Waals surface area contributed by atoms with Crippen LogP contribution >= 0.6 is 0 Å². The molecule has 0 aromatic heterocycles. The van der Waals surface area contributed by atoms with Gasteiger partial charge in [-0.05, 0) is 31.6 Å². The van der Waals surface area contributed by atoms with Gasteiger partial charge in [0.25, 0.3) is 0 Å². The highest BCUT2D eigenvalue weighted by Crippen LogP contribution is 2.46. The van der Waals surface area contributed by atoms with Crippen LogP contribution in [0.25, 0.3) is 0 Å². The number of hydrogen-bond donors (Lipinski definition) is 1. The van der Waals surface area contributed by atoms with E-state index in [9.17, 15) is 0 Å². The lowest BCUT2D eigenvalue weighted by Gasteiger charge is -2.43. The van der Waals surface area contributed by atoms with Gasteiger partial charge in [-0.25, -0.2) is 0 Å². The van der Waals surface area contributed by atoms with E-state index in [1.54, 1.807) is 0 Å². The molecule has 0 radical (unpaired) electrons. The van der Waals surface area contributed by atoms with Crippen LogP contribution in [0.3, 0.4) is 0 Å². The van der Waals surface area contributed by atoms with Crippen molar-refractivity contribution in [2.75, 3.05) is 13.2 Å². The minimum Gasteiger partial charge on any atom is -0.396 e. The van der Waals surface area contributed by atoms with Gasteiger partial charge in [0, 0.05) is 13.2 Å². The van der Waals surface area contributed by atoms with Crippen LogP contribution in [-0.2, 0) is 4.74 Å².